The van der Waals surface area contributed by atoms with Crippen LogP contribution >= 0.6 is 11.3 Å². The predicted octanol–water partition coefficient (Wildman–Crippen LogP) is 4.21. The Morgan fingerprint density at radius 3 is 2.57 bits per heavy atom. The molecule has 21 heavy (non-hydrogen) atoms. The first-order valence-electron chi connectivity index (χ1n) is 6.81. The van der Waals surface area contributed by atoms with Crippen LogP contribution < -0.4 is 0 Å². The Balaban J connectivity index is 1.86. The maximum atomic E-state index is 4.79. The molecule has 0 unspecified atom stereocenters. The van der Waals surface area contributed by atoms with Crippen molar-refractivity contribution in [3.63, 3.8) is 0 Å². The van der Waals surface area contributed by atoms with Gasteiger partial charge in [0, 0.05) is 17.0 Å². The van der Waals surface area contributed by atoms with Crippen LogP contribution in [0.2, 0.25) is 0 Å². The number of fused-ring (bicyclic) bond motifs is 1. The van der Waals surface area contributed by atoms with Crippen molar-refractivity contribution < 1.29 is 0 Å². The molecule has 3 nitrogen and oxygen atoms in total. The van der Waals surface area contributed by atoms with Gasteiger partial charge in [0.1, 0.15) is 10.7 Å². The van der Waals surface area contributed by atoms with E-state index in [1.54, 1.807) is 11.3 Å². The quantitative estimate of drug-likeness (QED) is 0.566. The Labute approximate surface area is 126 Å². The molecule has 2 heterocycles. The summed E-state index contributed by atoms with van der Waals surface area (Å²) in [6.07, 6.45) is 1.82. The van der Waals surface area contributed by atoms with E-state index in [0.717, 1.165) is 28.1 Å². The molecule has 0 bridgehead atoms. The summed E-state index contributed by atoms with van der Waals surface area (Å²) in [7, 11) is 0. The van der Waals surface area contributed by atoms with Gasteiger partial charge in [0.25, 0.3) is 0 Å². The van der Waals surface area contributed by atoms with Crippen molar-refractivity contribution in [3.05, 3.63) is 71.7 Å². The summed E-state index contributed by atoms with van der Waals surface area (Å²) in [6.45, 7) is 0.771. The first-order chi connectivity index (χ1) is 10.4. The summed E-state index contributed by atoms with van der Waals surface area (Å²) < 4.78 is 2.06. The average molecular weight is 291 g/mol. The molecule has 2 aromatic heterocycles. The van der Waals surface area contributed by atoms with E-state index in [9.17, 15) is 0 Å². The lowest BCUT2D eigenvalue weighted by atomic mass is 10.2. The van der Waals surface area contributed by atoms with Crippen LogP contribution in [0.5, 0.6) is 0 Å². The van der Waals surface area contributed by atoms with Crippen molar-refractivity contribution in [1.82, 2.24) is 14.8 Å². The van der Waals surface area contributed by atoms with Crippen molar-refractivity contribution >= 4 is 22.2 Å². The molecule has 0 saturated heterocycles. The Hall–Kier alpha value is -2.46. The van der Waals surface area contributed by atoms with E-state index in [-0.39, 0.29) is 0 Å². The molecule has 0 fully saturated rings. The number of para-hydroxylation sites is 1. The fraction of sp³-hybridized carbons (Fsp3) is 0.0588. The molecular weight excluding hydrogens is 278 g/mol. The lowest BCUT2D eigenvalue weighted by Crippen LogP contribution is -2.01. The monoisotopic (exact) mass is 291 g/mol. The molecule has 0 N–H and O–H groups in total. The van der Waals surface area contributed by atoms with E-state index >= 15 is 0 Å². The summed E-state index contributed by atoms with van der Waals surface area (Å²) in [5.41, 5.74) is 3.36. The van der Waals surface area contributed by atoms with Gasteiger partial charge in [-0.2, -0.15) is 5.10 Å². The molecule has 0 aliphatic rings. The minimum absolute atomic E-state index is 0.771. The number of hydrogen-bond donors (Lipinski definition) is 0. The lowest BCUT2D eigenvalue weighted by molar-refractivity contribution is 0.715. The molecule has 4 rings (SSSR count). The highest BCUT2D eigenvalue weighted by molar-refractivity contribution is 7.13. The number of nitrogens with zero attached hydrogens (tertiary/aromatic N) is 3. The highest BCUT2D eigenvalue weighted by Crippen LogP contribution is 2.29. The van der Waals surface area contributed by atoms with Crippen LogP contribution in [0, 0.1) is 0 Å². The second kappa shape index (κ2) is 5.14. The minimum atomic E-state index is 0.771. The number of rotatable bonds is 3. The second-order valence-electron chi connectivity index (χ2n) is 4.85. The molecule has 0 saturated carbocycles. The molecule has 102 valence electrons. The van der Waals surface area contributed by atoms with Crippen molar-refractivity contribution in [1.29, 1.82) is 0 Å². The summed E-state index contributed by atoms with van der Waals surface area (Å²) in [6, 6.07) is 18.7. The van der Waals surface area contributed by atoms with Gasteiger partial charge in [-0.05, 0) is 11.6 Å². The molecule has 0 radical (unpaired) electrons. The lowest BCUT2D eigenvalue weighted by Gasteiger charge is -2.03. The standard InChI is InChI=1S/C17H13N3S/c1-2-6-13(7-3-1)12-20-15-9-5-4-8-14(15)16(19-20)17-18-10-11-21-17/h1-11H,12H2. The molecular formula is C17H13N3S. The maximum absolute atomic E-state index is 4.79. The molecule has 0 spiro atoms. The van der Waals surface area contributed by atoms with E-state index in [0.29, 0.717) is 0 Å². The van der Waals surface area contributed by atoms with Gasteiger partial charge in [0.2, 0.25) is 0 Å². The first kappa shape index (κ1) is 12.3. The van der Waals surface area contributed by atoms with E-state index in [1.807, 2.05) is 23.7 Å². The molecule has 0 aliphatic carbocycles. The van der Waals surface area contributed by atoms with Crippen molar-refractivity contribution in [2.24, 2.45) is 0 Å². The van der Waals surface area contributed by atoms with Crippen molar-refractivity contribution in [3.8, 4) is 10.7 Å². The molecule has 0 atom stereocenters. The van der Waals surface area contributed by atoms with Crippen LogP contribution in [0.1, 0.15) is 5.56 Å². The summed E-state index contributed by atoms with van der Waals surface area (Å²) in [4.78, 5) is 4.40. The second-order valence-corrected chi connectivity index (χ2v) is 5.74. The largest absolute Gasteiger partial charge is 0.260 e. The van der Waals surface area contributed by atoms with Gasteiger partial charge < -0.3 is 0 Å². The number of aromatic nitrogens is 3. The zero-order chi connectivity index (χ0) is 14.1. The van der Waals surface area contributed by atoms with Gasteiger partial charge in [-0.25, -0.2) is 4.98 Å². The fourth-order valence-corrected chi connectivity index (χ4v) is 3.14. The molecule has 2 aromatic carbocycles. The van der Waals surface area contributed by atoms with Gasteiger partial charge >= 0.3 is 0 Å². The van der Waals surface area contributed by atoms with Gasteiger partial charge in [0.15, 0.2) is 0 Å². The van der Waals surface area contributed by atoms with Gasteiger partial charge in [-0.3, -0.25) is 4.68 Å². The minimum Gasteiger partial charge on any atom is -0.260 e. The molecule has 0 aliphatic heterocycles. The van der Waals surface area contributed by atoms with Crippen LogP contribution in [0.3, 0.4) is 0 Å². The average Bonchev–Trinajstić information content (AvgIpc) is 3.17. The van der Waals surface area contributed by atoms with Crippen LogP contribution in [0.25, 0.3) is 21.6 Å². The third kappa shape index (κ3) is 2.23. The Bertz CT molecular complexity index is 864. The number of benzene rings is 2. The highest BCUT2D eigenvalue weighted by Gasteiger charge is 2.13. The SMILES string of the molecule is c1ccc(Cn2nc(-c3nccs3)c3ccccc32)cc1. The number of thiazole rings is 1. The van der Waals surface area contributed by atoms with E-state index in [2.05, 4.69) is 52.1 Å². The van der Waals surface area contributed by atoms with Crippen molar-refractivity contribution in [2.75, 3.05) is 0 Å². The zero-order valence-corrected chi connectivity index (χ0v) is 12.1. The van der Waals surface area contributed by atoms with Crippen molar-refractivity contribution in [2.45, 2.75) is 6.54 Å². The van der Waals surface area contributed by atoms with Crippen LogP contribution in [0.4, 0.5) is 0 Å². The smallest absolute Gasteiger partial charge is 0.144 e. The zero-order valence-electron chi connectivity index (χ0n) is 11.3. The van der Waals surface area contributed by atoms with Gasteiger partial charge in [-0.1, -0.05) is 48.5 Å². The van der Waals surface area contributed by atoms with Gasteiger partial charge in [-0.15, -0.1) is 11.3 Å². The topological polar surface area (TPSA) is 30.7 Å². The first-order valence-corrected chi connectivity index (χ1v) is 7.69. The predicted molar refractivity (Wildman–Crippen MR) is 86.4 cm³/mol. The molecule has 0 amide bonds. The van der Waals surface area contributed by atoms with Crippen LogP contribution in [-0.2, 0) is 6.54 Å². The third-order valence-electron chi connectivity index (χ3n) is 3.47. The highest BCUT2D eigenvalue weighted by atomic mass is 32.1. The molecule has 4 aromatic rings. The normalized spacial score (nSPS) is 11.0. The molecule has 4 heteroatoms. The Morgan fingerprint density at radius 2 is 1.76 bits per heavy atom. The summed E-state index contributed by atoms with van der Waals surface area (Å²) in [5.74, 6) is 0. The van der Waals surface area contributed by atoms with Crippen LogP contribution in [0.15, 0.2) is 66.2 Å². The van der Waals surface area contributed by atoms with E-state index < -0.39 is 0 Å². The van der Waals surface area contributed by atoms with Crippen LogP contribution in [-0.4, -0.2) is 14.8 Å². The Morgan fingerprint density at radius 1 is 0.952 bits per heavy atom. The van der Waals surface area contributed by atoms with E-state index in [1.165, 1.54) is 5.56 Å². The third-order valence-corrected chi connectivity index (χ3v) is 4.25. The Kier molecular flexibility index (Phi) is 3.01. The summed E-state index contributed by atoms with van der Waals surface area (Å²) in [5, 5.41) is 8.90. The number of hydrogen-bond acceptors (Lipinski definition) is 3. The maximum Gasteiger partial charge on any atom is 0.144 e. The fourth-order valence-electron chi connectivity index (χ4n) is 2.50. The van der Waals surface area contributed by atoms with Gasteiger partial charge in [0.05, 0.1) is 12.1 Å². The van der Waals surface area contributed by atoms with E-state index in [4.69, 9.17) is 5.10 Å². The summed E-state index contributed by atoms with van der Waals surface area (Å²) >= 11 is 1.62.